The predicted molar refractivity (Wildman–Crippen MR) is 70.3 cm³/mol. The zero-order valence-corrected chi connectivity index (χ0v) is 11.7. The first kappa shape index (κ1) is 12.8. The molecule has 1 amide bonds. The summed E-state index contributed by atoms with van der Waals surface area (Å²) in [7, 11) is 0. The van der Waals surface area contributed by atoms with Gasteiger partial charge in [-0.3, -0.25) is 4.79 Å². The molecule has 2 rings (SSSR count). The molecule has 1 atom stereocenters. The Morgan fingerprint density at radius 1 is 1.59 bits per heavy atom. The Morgan fingerprint density at radius 3 is 2.82 bits per heavy atom. The standard InChI is InChI=1S/C10H10INO4S/c11-7-3-6(4-17-7)8(13)12-10(9(14)15)1-2-16-5-10/h3-4H,1-2,5H2,(H,12,13)(H,14,15). The maximum atomic E-state index is 11.9. The largest absolute Gasteiger partial charge is 0.479 e. The molecule has 2 N–H and O–H groups in total. The van der Waals surface area contributed by atoms with Crippen molar-refractivity contribution in [1.29, 1.82) is 0 Å². The van der Waals surface area contributed by atoms with Crippen LogP contribution in [-0.2, 0) is 9.53 Å². The molecule has 1 aromatic rings. The van der Waals surface area contributed by atoms with E-state index in [2.05, 4.69) is 27.9 Å². The highest BCUT2D eigenvalue weighted by atomic mass is 127. The summed E-state index contributed by atoms with van der Waals surface area (Å²) in [5.41, 5.74) is -0.781. The molecule has 17 heavy (non-hydrogen) atoms. The lowest BCUT2D eigenvalue weighted by Crippen LogP contribution is -2.55. The van der Waals surface area contributed by atoms with Crippen LogP contribution in [-0.4, -0.2) is 35.7 Å². The molecule has 2 heterocycles. The third-order valence-corrected chi connectivity index (χ3v) is 4.40. The molecule has 7 heteroatoms. The monoisotopic (exact) mass is 367 g/mol. The first-order valence-electron chi connectivity index (χ1n) is 4.91. The summed E-state index contributed by atoms with van der Waals surface area (Å²) < 4.78 is 6.06. The number of thiophene rings is 1. The van der Waals surface area contributed by atoms with Gasteiger partial charge in [0.2, 0.25) is 0 Å². The maximum absolute atomic E-state index is 11.9. The van der Waals surface area contributed by atoms with E-state index in [1.165, 1.54) is 11.3 Å². The van der Waals surface area contributed by atoms with Crippen molar-refractivity contribution in [2.45, 2.75) is 12.0 Å². The molecule has 0 radical (unpaired) electrons. The minimum Gasteiger partial charge on any atom is -0.479 e. The highest BCUT2D eigenvalue weighted by Crippen LogP contribution is 2.21. The molecule has 0 saturated carbocycles. The Morgan fingerprint density at radius 2 is 2.35 bits per heavy atom. The van der Waals surface area contributed by atoms with Gasteiger partial charge in [-0.1, -0.05) is 0 Å². The van der Waals surface area contributed by atoms with Crippen molar-refractivity contribution in [2.75, 3.05) is 13.2 Å². The average Bonchev–Trinajstić information content (AvgIpc) is 2.87. The summed E-state index contributed by atoms with van der Waals surface area (Å²) >= 11 is 3.56. The Hall–Kier alpha value is -0.670. The Labute approximate surface area is 115 Å². The molecule has 0 aliphatic carbocycles. The minimum absolute atomic E-state index is 0.0231. The van der Waals surface area contributed by atoms with Crippen LogP contribution in [0.15, 0.2) is 11.4 Å². The number of aliphatic carboxylic acids is 1. The van der Waals surface area contributed by atoms with Gasteiger partial charge < -0.3 is 15.2 Å². The topological polar surface area (TPSA) is 75.6 Å². The van der Waals surface area contributed by atoms with E-state index in [0.29, 0.717) is 18.6 Å². The molecule has 1 fully saturated rings. The van der Waals surface area contributed by atoms with E-state index in [9.17, 15) is 14.7 Å². The van der Waals surface area contributed by atoms with E-state index >= 15 is 0 Å². The van der Waals surface area contributed by atoms with Crippen molar-refractivity contribution in [1.82, 2.24) is 5.32 Å². The molecule has 0 spiro atoms. The van der Waals surface area contributed by atoms with E-state index in [1.54, 1.807) is 11.4 Å². The zero-order chi connectivity index (χ0) is 12.5. The number of carboxylic acids is 1. The third kappa shape index (κ3) is 2.61. The van der Waals surface area contributed by atoms with Crippen molar-refractivity contribution >= 4 is 45.8 Å². The molecule has 0 aromatic carbocycles. The molecular weight excluding hydrogens is 357 g/mol. The first-order chi connectivity index (χ1) is 8.03. The quantitative estimate of drug-likeness (QED) is 0.791. The Kier molecular flexibility index (Phi) is 3.69. The fraction of sp³-hybridized carbons (Fsp3) is 0.400. The molecule has 5 nitrogen and oxygen atoms in total. The third-order valence-electron chi connectivity index (χ3n) is 2.61. The number of nitrogens with one attached hydrogen (secondary N) is 1. The fourth-order valence-electron chi connectivity index (χ4n) is 1.60. The van der Waals surface area contributed by atoms with Crippen LogP contribution >= 0.6 is 33.9 Å². The fourth-order valence-corrected chi connectivity index (χ4v) is 2.93. The summed E-state index contributed by atoms with van der Waals surface area (Å²) in [4.78, 5) is 23.1. The van der Waals surface area contributed by atoms with Gasteiger partial charge in [0.25, 0.3) is 5.91 Å². The molecule has 1 aliphatic rings. The summed E-state index contributed by atoms with van der Waals surface area (Å²) in [6, 6.07) is 1.73. The van der Waals surface area contributed by atoms with E-state index in [-0.39, 0.29) is 12.5 Å². The normalized spacial score (nSPS) is 23.6. The number of carbonyl (C=O) groups excluding carboxylic acids is 1. The lowest BCUT2D eigenvalue weighted by atomic mass is 9.98. The van der Waals surface area contributed by atoms with Crippen LogP contribution in [0.2, 0.25) is 0 Å². The number of carboxylic acid groups (broad SMARTS) is 1. The van der Waals surface area contributed by atoms with Gasteiger partial charge in [0.15, 0.2) is 5.54 Å². The van der Waals surface area contributed by atoms with Crippen LogP contribution < -0.4 is 5.32 Å². The van der Waals surface area contributed by atoms with Gasteiger partial charge in [-0.05, 0) is 28.7 Å². The summed E-state index contributed by atoms with van der Waals surface area (Å²) in [6.07, 6.45) is 0.301. The molecule has 1 unspecified atom stereocenters. The maximum Gasteiger partial charge on any atom is 0.331 e. The molecule has 1 aromatic heterocycles. The van der Waals surface area contributed by atoms with Crippen LogP contribution in [0.4, 0.5) is 0 Å². The molecule has 92 valence electrons. The van der Waals surface area contributed by atoms with Crippen molar-refractivity contribution < 1.29 is 19.4 Å². The van der Waals surface area contributed by atoms with Gasteiger partial charge in [-0.15, -0.1) is 11.3 Å². The van der Waals surface area contributed by atoms with Crippen LogP contribution in [0.5, 0.6) is 0 Å². The SMILES string of the molecule is O=C(NC1(C(=O)O)CCOC1)c1csc(I)c1. The molecule has 0 bridgehead atoms. The average molecular weight is 367 g/mol. The van der Waals surface area contributed by atoms with Crippen molar-refractivity contribution in [2.24, 2.45) is 0 Å². The van der Waals surface area contributed by atoms with E-state index in [4.69, 9.17) is 4.74 Å². The smallest absolute Gasteiger partial charge is 0.331 e. The number of ether oxygens (including phenoxy) is 1. The number of hydrogen-bond acceptors (Lipinski definition) is 4. The zero-order valence-electron chi connectivity index (χ0n) is 8.73. The first-order valence-corrected chi connectivity index (χ1v) is 6.87. The highest BCUT2D eigenvalue weighted by Gasteiger charge is 2.44. The van der Waals surface area contributed by atoms with Crippen molar-refractivity contribution in [3.63, 3.8) is 0 Å². The summed E-state index contributed by atoms with van der Waals surface area (Å²) in [6.45, 7) is 0.378. The van der Waals surface area contributed by atoms with Crippen molar-refractivity contribution in [3.8, 4) is 0 Å². The summed E-state index contributed by atoms with van der Waals surface area (Å²) in [5, 5.41) is 13.4. The van der Waals surface area contributed by atoms with E-state index in [0.717, 1.165) is 2.88 Å². The van der Waals surface area contributed by atoms with E-state index in [1.807, 2.05) is 0 Å². The van der Waals surface area contributed by atoms with Crippen molar-refractivity contribution in [3.05, 3.63) is 19.9 Å². The Balaban J connectivity index is 2.14. The van der Waals surface area contributed by atoms with Crippen LogP contribution in [0.25, 0.3) is 0 Å². The van der Waals surface area contributed by atoms with Gasteiger partial charge in [0, 0.05) is 18.4 Å². The second kappa shape index (κ2) is 4.91. The van der Waals surface area contributed by atoms with Crippen LogP contribution in [0.3, 0.4) is 0 Å². The predicted octanol–water partition coefficient (Wildman–Crippen LogP) is 1.33. The summed E-state index contributed by atoms with van der Waals surface area (Å²) in [5.74, 6) is -1.41. The van der Waals surface area contributed by atoms with Gasteiger partial charge in [-0.2, -0.15) is 0 Å². The lowest BCUT2D eigenvalue weighted by molar-refractivity contribution is -0.144. The number of amides is 1. The second-order valence-electron chi connectivity index (χ2n) is 3.78. The molecule has 1 saturated heterocycles. The number of carbonyl (C=O) groups is 2. The molecule has 1 aliphatic heterocycles. The Bertz CT molecular complexity index is 453. The molecular formula is C10H10INO4S. The van der Waals surface area contributed by atoms with Gasteiger partial charge >= 0.3 is 5.97 Å². The minimum atomic E-state index is -1.27. The van der Waals surface area contributed by atoms with Crippen LogP contribution in [0, 0.1) is 2.88 Å². The van der Waals surface area contributed by atoms with Gasteiger partial charge in [0.05, 0.1) is 15.1 Å². The van der Waals surface area contributed by atoms with Crippen LogP contribution in [0.1, 0.15) is 16.8 Å². The number of rotatable bonds is 3. The van der Waals surface area contributed by atoms with Gasteiger partial charge in [0.1, 0.15) is 0 Å². The lowest BCUT2D eigenvalue weighted by Gasteiger charge is -2.23. The van der Waals surface area contributed by atoms with Gasteiger partial charge in [-0.25, -0.2) is 4.79 Å². The van der Waals surface area contributed by atoms with E-state index < -0.39 is 11.5 Å². The highest BCUT2D eigenvalue weighted by molar-refractivity contribution is 14.1. The second-order valence-corrected chi connectivity index (χ2v) is 6.59. The number of halogens is 1. The number of hydrogen-bond donors (Lipinski definition) is 2.